The highest BCUT2D eigenvalue weighted by molar-refractivity contribution is 5.57. The van der Waals surface area contributed by atoms with E-state index >= 15 is 0 Å². The van der Waals surface area contributed by atoms with Crippen molar-refractivity contribution in [1.29, 1.82) is 0 Å². The molecule has 0 spiro atoms. The van der Waals surface area contributed by atoms with E-state index in [2.05, 4.69) is 39.0 Å². The number of benzene rings is 1. The molecule has 132 valence electrons. The number of nitrogens with zero attached hydrogens (tertiary/aromatic N) is 3. The molecule has 1 fully saturated rings. The minimum absolute atomic E-state index is 0.255. The lowest BCUT2D eigenvalue weighted by molar-refractivity contribution is 0.403. The molecule has 1 aromatic heterocycles. The van der Waals surface area contributed by atoms with Gasteiger partial charge in [-0.2, -0.15) is 0 Å². The minimum Gasteiger partial charge on any atom is -0.371 e. The van der Waals surface area contributed by atoms with Crippen LogP contribution in [0.15, 0.2) is 39.9 Å². The summed E-state index contributed by atoms with van der Waals surface area (Å²) in [5, 5.41) is 0. The molecule has 0 radical (unpaired) electrons. The highest BCUT2D eigenvalue weighted by atomic mass is 16.2. The number of hydrogen-bond donors (Lipinski definition) is 1. The molecule has 1 N–H and O–H groups in total. The molecular formula is C19H24N4O2. The molecule has 0 atom stereocenters. The fourth-order valence-corrected chi connectivity index (χ4v) is 3.98. The van der Waals surface area contributed by atoms with Crippen LogP contribution in [0.2, 0.25) is 0 Å². The number of nitrogens with one attached hydrogen (secondary N) is 1. The Labute approximate surface area is 146 Å². The molecule has 2 aliphatic heterocycles. The standard InChI is InChI=1S/C19H24N4O2/c1-21-18(24)12-17(20-19(21)25)22-9-6-14(7-10-22)13-23-11-8-15-4-2-3-5-16(15)23/h2-5,12,14H,6-11,13H2,1H3,(H,20,25). The number of H-pyrrole nitrogens is 1. The molecule has 0 bridgehead atoms. The van der Waals surface area contributed by atoms with Gasteiger partial charge in [-0.25, -0.2) is 4.79 Å². The predicted octanol–water partition coefficient (Wildman–Crippen LogP) is 1.35. The van der Waals surface area contributed by atoms with Gasteiger partial charge in [0.1, 0.15) is 5.82 Å². The molecule has 3 heterocycles. The van der Waals surface area contributed by atoms with Crippen molar-refractivity contribution in [2.24, 2.45) is 13.0 Å². The zero-order valence-electron chi connectivity index (χ0n) is 14.6. The molecule has 2 aromatic rings. The first kappa shape index (κ1) is 16.0. The monoisotopic (exact) mass is 340 g/mol. The van der Waals surface area contributed by atoms with Crippen LogP contribution in [0.5, 0.6) is 0 Å². The van der Waals surface area contributed by atoms with Crippen LogP contribution in [-0.4, -0.2) is 35.7 Å². The Kier molecular flexibility index (Phi) is 4.11. The Morgan fingerprint density at radius 2 is 1.88 bits per heavy atom. The van der Waals surface area contributed by atoms with Crippen molar-refractivity contribution in [3.8, 4) is 0 Å². The van der Waals surface area contributed by atoms with Gasteiger partial charge in [0.25, 0.3) is 5.56 Å². The summed E-state index contributed by atoms with van der Waals surface area (Å²) in [5.74, 6) is 1.30. The maximum atomic E-state index is 11.8. The van der Waals surface area contributed by atoms with E-state index in [0.717, 1.165) is 50.0 Å². The fraction of sp³-hybridized carbons (Fsp3) is 0.474. The van der Waals surface area contributed by atoms with Gasteiger partial charge in [-0.15, -0.1) is 0 Å². The van der Waals surface area contributed by atoms with Crippen LogP contribution >= 0.6 is 0 Å². The van der Waals surface area contributed by atoms with E-state index in [-0.39, 0.29) is 11.2 Å². The van der Waals surface area contributed by atoms with Crippen LogP contribution in [0.25, 0.3) is 0 Å². The Hall–Kier alpha value is -2.50. The summed E-state index contributed by atoms with van der Waals surface area (Å²) in [6, 6.07) is 10.2. The topological polar surface area (TPSA) is 61.3 Å². The first-order valence-electron chi connectivity index (χ1n) is 9.00. The minimum atomic E-state index is -0.349. The summed E-state index contributed by atoms with van der Waals surface area (Å²) < 4.78 is 1.10. The van der Waals surface area contributed by atoms with Crippen LogP contribution in [-0.2, 0) is 13.5 Å². The highest BCUT2D eigenvalue weighted by Crippen LogP contribution is 2.30. The molecule has 0 aliphatic carbocycles. The summed E-state index contributed by atoms with van der Waals surface area (Å²) in [6.07, 6.45) is 3.30. The summed E-state index contributed by atoms with van der Waals surface area (Å²) in [6.45, 7) is 3.96. The molecule has 2 aliphatic rings. The van der Waals surface area contributed by atoms with Gasteiger partial charge in [0.15, 0.2) is 0 Å². The van der Waals surface area contributed by atoms with Gasteiger partial charge in [-0.05, 0) is 36.8 Å². The second-order valence-corrected chi connectivity index (χ2v) is 7.11. The average molecular weight is 340 g/mol. The second kappa shape index (κ2) is 6.43. The molecule has 0 amide bonds. The van der Waals surface area contributed by atoms with Crippen molar-refractivity contribution >= 4 is 11.5 Å². The van der Waals surface area contributed by atoms with E-state index in [0.29, 0.717) is 11.7 Å². The SMILES string of the molecule is Cn1c(=O)cc(N2CCC(CN3CCc4ccccc43)CC2)[nH]c1=O. The zero-order chi connectivity index (χ0) is 17.4. The van der Waals surface area contributed by atoms with Gasteiger partial charge >= 0.3 is 5.69 Å². The normalized spacial score (nSPS) is 17.8. The summed E-state index contributed by atoms with van der Waals surface area (Å²) in [4.78, 5) is 31.1. The number of rotatable bonds is 3. The predicted molar refractivity (Wildman–Crippen MR) is 99.6 cm³/mol. The van der Waals surface area contributed by atoms with Crippen LogP contribution < -0.4 is 21.0 Å². The first-order chi connectivity index (χ1) is 12.1. The third-order valence-electron chi connectivity index (χ3n) is 5.55. The molecular weight excluding hydrogens is 316 g/mol. The zero-order valence-corrected chi connectivity index (χ0v) is 14.6. The largest absolute Gasteiger partial charge is 0.371 e. The van der Waals surface area contributed by atoms with E-state index in [4.69, 9.17) is 0 Å². The van der Waals surface area contributed by atoms with E-state index in [1.165, 1.54) is 24.4 Å². The van der Waals surface area contributed by atoms with Crippen molar-refractivity contribution in [3.63, 3.8) is 0 Å². The van der Waals surface area contributed by atoms with Crippen molar-refractivity contribution in [1.82, 2.24) is 9.55 Å². The van der Waals surface area contributed by atoms with E-state index in [1.807, 2.05) is 0 Å². The van der Waals surface area contributed by atoms with Crippen molar-refractivity contribution in [3.05, 3.63) is 56.7 Å². The molecule has 0 unspecified atom stereocenters. The average Bonchev–Trinajstić information content (AvgIpc) is 3.03. The fourth-order valence-electron chi connectivity index (χ4n) is 3.98. The lowest BCUT2D eigenvalue weighted by atomic mass is 9.96. The van der Waals surface area contributed by atoms with Gasteiger partial charge in [-0.3, -0.25) is 14.3 Å². The lowest BCUT2D eigenvalue weighted by Gasteiger charge is -2.35. The van der Waals surface area contributed by atoms with Gasteiger partial charge in [0, 0.05) is 45.0 Å². The molecule has 1 saturated heterocycles. The Morgan fingerprint density at radius 3 is 2.64 bits per heavy atom. The third kappa shape index (κ3) is 3.08. The van der Waals surface area contributed by atoms with Crippen LogP contribution in [0, 0.1) is 5.92 Å². The van der Waals surface area contributed by atoms with Crippen molar-refractivity contribution in [2.45, 2.75) is 19.3 Å². The Bertz CT molecular complexity index is 846. The molecule has 1 aromatic carbocycles. The third-order valence-corrected chi connectivity index (χ3v) is 5.55. The lowest BCUT2D eigenvalue weighted by Crippen LogP contribution is -2.41. The molecule has 6 nitrogen and oxygen atoms in total. The number of piperidine rings is 1. The van der Waals surface area contributed by atoms with Gasteiger partial charge in [0.2, 0.25) is 0 Å². The number of anilines is 2. The van der Waals surface area contributed by atoms with E-state index in [9.17, 15) is 9.59 Å². The smallest absolute Gasteiger partial charge is 0.329 e. The molecule has 25 heavy (non-hydrogen) atoms. The van der Waals surface area contributed by atoms with Gasteiger partial charge in [0.05, 0.1) is 0 Å². The molecule has 6 heteroatoms. The van der Waals surface area contributed by atoms with Crippen LogP contribution in [0.4, 0.5) is 11.5 Å². The van der Waals surface area contributed by atoms with E-state index in [1.54, 1.807) is 0 Å². The Morgan fingerprint density at radius 1 is 1.12 bits per heavy atom. The number of fused-ring (bicyclic) bond motifs is 1. The quantitative estimate of drug-likeness (QED) is 0.916. The maximum Gasteiger partial charge on any atom is 0.329 e. The summed E-state index contributed by atoms with van der Waals surface area (Å²) in [7, 11) is 1.49. The first-order valence-corrected chi connectivity index (χ1v) is 9.00. The number of aromatic nitrogens is 2. The van der Waals surface area contributed by atoms with Crippen molar-refractivity contribution < 1.29 is 0 Å². The van der Waals surface area contributed by atoms with Gasteiger partial charge in [-0.1, -0.05) is 18.2 Å². The van der Waals surface area contributed by atoms with E-state index < -0.39 is 0 Å². The second-order valence-electron chi connectivity index (χ2n) is 7.11. The van der Waals surface area contributed by atoms with Crippen LogP contribution in [0.3, 0.4) is 0 Å². The number of aromatic amines is 1. The summed E-state index contributed by atoms with van der Waals surface area (Å²) >= 11 is 0. The number of para-hydroxylation sites is 1. The summed E-state index contributed by atoms with van der Waals surface area (Å²) in [5.41, 5.74) is 2.24. The van der Waals surface area contributed by atoms with Crippen LogP contribution in [0.1, 0.15) is 18.4 Å². The maximum absolute atomic E-state index is 11.8. The van der Waals surface area contributed by atoms with Crippen molar-refractivity contribution in [2.75, 3.05) is 36.0 Å². The number of hydrogen-bond acceptors (Lipinski definition) is 4. The Balaban J connectivity index is 1.39. The van der Waals surface area contributed by atoms with Gasteiger partial charge < -0.3 is 9.80 Å². The molecule has 4 rings (SSSR count). The molecule has 0 saturated carbocycles. The highest BCUT2D eigenvalue weighted by Gasteiger charge is 2.25.